The molecule has 0 spiro atoms. The van der Waals surface area contributed by atoms with Gasteiger partial charge in [0, 0.05) is 19.3 Å². The molecule has 70 valence electrons. The first-order valence-corrected chi connectivity index (χ1v) is 3.66. The lowest BCUT2D eigenvalue weighted by atomic mass is 10.4. The van der Waals surface area contributed by atoms with Gasteiger partial charge in [-0.05, 0) is 13.0 Å². The third-order valence-electron chi connectivity index (χ3n) is 1.86. The number of nitrogens with one attached hydrogen (secondary N) is 1. The molecule has 2 heterocycles. The number of halogens is 2. The molecule has 2 rings (SSSR count). The Morgan fingerprint density at radius 2 is 2.25 bits per heavy atom. The second kappa shape index (κ2) is 5.41. The van der Waals surface area contributed by atoms with Crippen molar-refractivity contribution in [1.82, 2.24) is 14.9 Å². The minimum atomic E-state index is 0. The smallest absolute Gasteiger partial charge is 0.0948 e. The van der Waals surface area contributed by atoms with Crippen LogP contribution in [-0.2, 0) is 13.1 Å². The highest BCUT2D eigenvalue weighted by atomic mass is 35.5. The minimum Gasteiger partial charge on any atom is -0.333 e. The van der Waals surface area contributed by atoms with E-state index in [0.717, 1.165) is 19.6 Å². The van der Waals surface area contributed by atoms with Crippen LogP contribution in [-0.4, -0.2) is 16.1 Å². The maximum atomic E-state index is 4.07. The molecular weight excluding hydrogens is 197 g/mol. The van der Waals surface area contributed by atoms with Crippen LogP contribution in [0.4, 0.5) is 0 Å². The van der Waals surface area contributed by atoms with E-state index in [1.54, 1.807) is 0 Å². The van der Waals surface area contributed by atoms with E-state index < -0.39 is 0 Å². The van der Waals surface area contributed by atoms with Crippen LogP contribution < -0.4 is 5.32 Å². The number of imidazole rings is 1. The van der Waals surface area contributed by atoms with Gasteiger partial charge >= 0.3 is 0 Å². The quantitative estimate of drug-likeness (QED) is 0.697. The molecular formula is C7H13Cl2N3. The van der Waals surface area contributed by atoms with E-state index in [-0.39, 0.29) is 24.8 Å². The van der Waals surface area contributed by atoms with Gasteiger partial charge in [-0.25, -0.2) is 4.98 Å². The van der Waals surface area contributed by atoms with Crippen molar-refractivity contribution < 1.29 is 0 Å². The van der Waals surface area contributed by atoms with Gasteiger partial charge in [0.15, 0.2) is 0 Å². The van der Waals surface area contributed by atoms with E-state index in [1.165, 1.54) is 12.1 Å². The Hall–Kier alpha value is -0.250. The summed E-state index contributed by atoms with van der Waals surface area (Å²) >= 11 is 0. The topological polar surface area (TPSA) is 29.9 Å². The van der Waals surface area contributed by atoms with Crippen LogP contribution in [0.25, 0.3) is 0 Å². The van der Waals surface area contributed by atoms with Crippen LogP contribution in [0, 0.1) is 0 Å². The van der Waals surface area contributed by atoms with Crippen LogP contribution in [0.15, 0.2) is 12.5 Å². The molecule has 1 aliphatic heterocycles. The van der Waals surface area contributed by atoms with Gasteiger partial charge in [-0.15, -0.1) is 24.8 Å². The Bertz CT molecular complexity index is 204. The van der Waals surface area contributed by atoms with E-state index in [1.807, 2.05) is 12.5 Å². The lowest BCUT2D eigenvalue weighted by Gasteiger charge is -1.98. The van der Waals surface area contributed by atoms with Gasteiger partial charge in [0.25, 0.3) is 0 Å². The Labute approximate surface area is 84.4 Å². The molecule has 12 heavy (non-hydrogen) atoms. The predicted octanol–water partition coefficient (Wildman–Crippen LogP) is 1.22. The molecule has 0 bridgehead atoms. The van der Waals surface area contributed by atoms with Gasteiger partial charge in [0.2, 0.25) is 0 Å². The minimum absolute atomic E-state index is 0. The largest absolute Gasteiger partial charge is 0.333 e. The maximum absolute atomic E-state index is 4.07. The number of rotatable bonds is 0. The summed E-state index contributed by atoms with van der Waals surface area (Å²) in [5.41, 5.74) is 1.30. The standard InChI is InChI=1S/C7H11N3.2ClH/c1-2-8-4-7-5-9-6-10(7)3-1;;/h5-6,8H,1-4H2;2*1H. The van der Waals surface area contributed by atoms with Crippen LogP contribution in [0.2, 0.25) is 0 Å². The summed E-state index contributed by atoms with van der Waals surface area (Å²) < 4.78 is 2.21. The SMILES string of the molecule is Cl.Cl.c1ncn2c1CNCCC2. The second-order valence-electron chi connectivity index (χ2n) is 2.61. The lowest BCUT2D eigenvalue weighted by molar-refractivity contribution is 0.641. The van der Waals surface area contributed by atoms with Gasteiger partial charge in [-0.3, -0.25) is 0 Å². The van der Waals surface area contributed by atoms with Crippen molar-refractivity contribution in [3.05, 3.63) is 18.2 Å². The highest BCUT2D eigenvalue weighted by Crippen LogP contribution is 2.03. The molecule has 1 N–H and O–H groups in total. The van der Waals surface area contributed by atoms with Crippen molar-refractivity contribution in [1.29, 1.82) is 0 Å². The van der Waals surface area contributed by atoms with Crippen molar-refractivity contribution in [2.75, 3.05) is 6.54 Å². The summed E-state index contributed by atoms with van der Waals surface area (Å²) in [6, 6.07) is 0. The molecule has 0 saturated heterocycles. The van der Waals surface area contributed by atoms with Crippen LogP contribution in [0.1, 0.15) is 12.1 Å². The van der Waals surface area contributed by atoms with Crippen LogP contribution in [0.3, 0.4) is 0 Å². The van der Waals surface area contributed by atoms with Gasteiger partial charge in [-0.2, -0.15) is 0 Å². The molecule has 0 aliphatic carbocycles. The predicted molar refractivity (Wildman–Crippen MR) is 53.0 cm³/mol. The molecule has 1 aromatic heterocycles. The Balaban J connectivity index is 0.000000605. The summed E-state index contributed by atoms with van der Waals surface area (Å²) in [5, 5.41) is 3.33. The van der Waals surface area contributed by atoms with E-state index >= 15 is 0 Å². The third kappa shape index (κ3) is 2.37. The first kappa shape index (κ1) is 11.8. The highest BCUT2D eigenvalue weighted by Gasteiger charge is 2.04. The summed E-state index contributed by atoms with van der Waals surface area (Å²) in [5.74, 6) is 0. The van der Waals surface area contributed by atoms with Crippen molar-refractivity contribution in [3.8, 4) is 0 Å². The van der Waals surface area contributed by atoms with Gasteiger partial charge in [0.1, 0.15) is 0 Å². The first-order chi connectivity index (χ1) is 4.97. The molecule has 5 heteroatoms. The molecule has 0 unspecified atom stereocenters. The van der Waals surface area contributed by atoms with Crippen molar-refractivity contribution in [3.63, 3.8) is 0 Å². The molecule has 1 aliphatic rings. The van der Waals surface area contributed by atoms with E-state index in [9.17, 15) is 0 Å². The van der Waals surface area contributed by atoms with Crippen LogP contribution in [0.5, 0.6) is 0 Å². The van der Waals surface area contributed by atoms with Crippen LogP contribution >= 0.6 is 24.8 Å². The Morgan fingerprint density at radius 3 is 3.08 bits per heavy atom. The monoisotopic (exact) mass is 209 g/mol. The molecule has 0 saturated carbocycles. The zero-order valence-electron chi connectivity index (χ0n) is 6.69. The van der Waals surface area contributed by atoms with Crippen molar-refractivity contribution in [2.24, 2.45) is 0 Å². The summed E-state index contributed by atoms with van der Waals surface area (Å²) in [6.07, 6.45) is 5.05. The number of aryl methyl sites for hydroxylation is 1. The van der Waals surface area contributed by atoms with Gasteiger partial charge in [0.05, 0.1) is 12.0 Å². The normalized spacial score (nSPS) is 15.0. The zero-order chi connectivity index (χ0) is 6.81. The molecule has 1 aromatic rings. The molecule has 0 amide bonds. The number of nitrogens with zero attached hydrogens (tertiary/aromatic N) is 2. The Morgan fingerprint density at radius 1 is 1.42 bits per heavy atom. The Kier molecular flexibility index (Phi) is 5.29. The van der Waals surface area contributed by atoms with E-state index in [2.05, 4.69) is 14.9 Å². The first-order valence-electron chi connectivity index (χ1n) is 3.66. The average molecular weight is 210 g/mol. The van der Waals surface area contributed by atoms with Gasteiger partial charge in [-0.1, -0.05) is 0 Å². The fraction of sp³-hybridized carbons (Fsp3) is 0.571. The molecule has 0 radical (unpaired) electrons. The molecule has 3 nitrogen and oxygen atoms in total. The summed E-state index contributed by atoms with van der Waals surface area (Å²) in [7, 11) is 0. The third-order valence-corrected chi connectivity index (χ3v) is 1.86. The zero-order valence-corrected chi connectivity index (χ0v) is 8.33. The average Bonchev–Trinajstić information content (AvgIpc) is 2.28. The number of hydrogen-bond acceptors (Lipinski definition) is 2. The van der Waals surface area contributed by atoms with E-state index in [0.29, 0.717) is 0 Å². The van der Waals surface area contributed by atoms with Crippen molar-refractivity contribution in [2.45, 2.75) is 19.5 Å². The summed E-state index contributed by atoms with van der Waals surface area (Å²) in [6.45, 7) is 3.21. The van der Waals surface area contributed by atoms with Crippen molar-refractivity contribution >= 4 is 24.8 Å². The number of fused-ring (bicyclic) bond motifs is 1. The number of aromatic nitrogens is 2. The fourth-order valence-corrected chi connectivity index (χ4v) is 1.29. The second-order valence-corrected chi connectivity index (χ2v) is 2.61. The summed E-state index contributed by atoms with van der Waals surface area (Å²) in [4.78, 5) is 4.07. The van der Waals surface area contributed by atoms with Gasteiger partial charge < -0.3 is 9.88 Å². The molecule has 0 aromatic carbocycles. The molecule has 0 fully saturated rings. The number of hydrogen-bond donors (Lipinski definition) is 1. The maximum Gasteiger partial charge on any atom is 0.0948 e. The highest BCUT2D eigenvalue weighted by molar-refractivity contribution is 5.85. The lowest BCUT2D eigenvalue weighted by Crippen LogP contribution is -2.11. The molecule has 0 atom stereocenters. The van der Waals surface area contributed by atoms with E-state index in [4.69, 9.17) is 0 Å². The fourth-order valence-electron chi connectivity index (χ4n) is 1.29.